The number of carbonyl (C=O) groups is 1. The van der Waals surface area contributed by atoms with Crippen molar-refractivity contribution >= 4 is 5.91 Å². The van der Waals surface area contributed by atoms with E-state index in [9.17, 15) is 9.90 Å². The number of nitrogens with one attached hydrogen (secondary N) is 1. The van der Waals surface area contributed by atoms with Crippen LogP contribution in [0.15, 0.2) is 35.1 Å². The second kappa shape index (κ2) is 8.06. The molecule has 0 bridgehead atoms. The standard InChI is InChI=1S/C18H23N3O3/c22-11-8-15(13-4-2-1-3-5-13)20-18(23)16-12-17(24-21-16)14-6-9-19-10-7-14/h6-7,9-10,12-13,15,22H,1-5,8,11H2,(H,20,23). The summed E-state index contributed by atoms with van der Waals surface area (Å²) in [5.74, 6) is 0.725. The van der Waals surface area contributed by atoms with E-state index in [2.05, 4.69) is 15.5 Å². The summed E-state index contributed by atoms with van der Waals surface area (Å²) in [4.78, 5) is 16.4. The lowest BCUT2D eigenvalue weighted by Crippen LogP contribution is -2.41. The molecule has 0 spiro atoms. The van der Waals surface area contributed by atoms with Crippen LogP contribution >= 0.6 is 0 Å². The third-order valence-corrected chi connectivity index (χ3v) is 4.68. The fourth-order valence-corrected chi connectivity index (χ4v) is 3.38. The van der Waals surface area contributed by atoms with Crippen LogP contribution in [0.3, 0.4) is 0 Å². The van der Waals surface area contributed by atoms with Crippen LogP contribution in [0, 0.1) is 5.92 Å². The molecule has 0 saturated heterocycles. The molecule has 2 aromatic rings. The number of hydrogen-bond donors (Lipinski definition) is 2. The number of aromatic nitrogens is 2. The largest absolute Gasteiger partial charge is 0.396 e. The van der Waals surface area contributed by atoms with E-state index in [1.165, 1.54) is 19.3 Å². The van der Waals surface area contributed by atoms with Crippen LogP contribution in [-0.4, -0.2) is 33.8 Å². The smallest absolute Gasteiger partial charge is 0.273 e. The van der Waals surface area contributed by atoms with Crippen molar-refractivity contribution in [3.05, 3.63) is 36.3 Å². The molecule has 0 radical (unpaired) electrons. The third kappa shape index (κ3) is 4.00. The van der Waals surface area contributed by atoms with Gasteiger partial charge < -0.3 is 14.9 Å². The lowest BCUT2D eigenvalue weighted by molar-refractivity contribution is 0.0890. The quantitative estimate of drug-likeness (QED) is 0.851. The van der Waals surface area contributed by atoms with Crippen molar-refractivity contribution in [2.24, 2.45) is 5.92 Å². The van der Waals surface area contributed by atoms with Gasteiger partial charge in [-0.05, 0) is 37.3 Å². The summed E-state index contributed by atoms with van der Waals surface area (Å²) in [6, 6.07) is 5.24. The van der Waals surface area contributed by atoms with Crippen LogP contribution in [0.2, 0.25) is 0 Å². The molecule has 1 amide bonds. The summed E-state index contributed by atoms with van der Waals surface area (Å²) in [6.45, 7) is 0.0720. The predicted octanol–water partition coefficient (Wildman–Crippen LogP) is 2.80. The van der Waals surface area contributed by atoms with Gasteiger partial charge in [-0.1, -0.05) is 24.4 Å². The molecular formula is C18H23N3O3. The summed E-state index contributed by atoms with van der Waals surface area (Å²) in [5.41, 5.74) is 1.09. The molecule has 3 rings (SSSR count). The van der Waals surface area contributed by atoms with Crippen LogP contribution < -0.4 is 5.32 Å². The zero-order valence-corrected chi connectivity index (χ0v) is 13.6. The molecular weight excluding hydrogens is 306 g/mol. The summed E-state index contributed by atoms with van der Waals surface area (Å²) in [6.07, 6.45) is 9.76. The Morgan fingerprint density at radius 2 is 2.04 bits per heavy atom. The normalized spacial score (nSPS) is 16.7. The van der Waals surface area contributed by atoms with E-state index in [-0.39, 0.29) is 24.2 Å². The highest BCUT2D eigenvalue weighted by Crippen LogP contribution is 2.28. The molecule has 6 nitrogen and oxygen atoms in total. The predicted molar refractivity (Wildman–Crippen MR) is 89.3 cm³/mol. The van der Waals surface area contributed by atoms with Gasteiger partial charge >= 0.3 is 0 Å². The van der Waals surface area contributed by atoms with E-state index in [0.717, 1.165) is 18.4 Å². The Hall–Kier alpha value is -2.21. The van der Waals surface area contributed by atoms with Crippen LogP contribution in [0.25, 0.3) is 11.3 Å². The van der Waals surface area contributed by atoms with Crippen molar-refractivity contribution in [1.82, 2.24) is 15.5 Å². The van der Waals surface area contributed by atoms with Crippen molar-refractivity contribution in [1.29, 1.82) is 0 Å². The second-order valence-corrected chi connectivity index (χ2v) is 6.30. The van der Waals surface area contributed by atoms with Gasteiger partial charge in [0.25, 0.3) is 5.91 Å². The maximum absolute atomic E-state index is 12.5. The molecule has 2 aromatic heterocycles. The fourth-order valence-electron chi connectivity index (χ4n) is 3.38. The summed E-state index contributed by atoms with van der Waals surface area (Å²) in [7, 11) is 0. The average Bonchev–Trinajstić information content (AvgIpc) is 3.13. The van der Waals surface area contributed by atoms with Crippen LogP contribution in [0.5, 0.6) is 0 Å². The fraction of sp³-hybridized carbons (Fsp3) is 0.500. The Morgan fingerprint density at radius 1 is 1.29 bits per heavy atom. The van der Waals surface area contributed by atoms with E-state index in [1.807, 2.05) is 0 Å². The Labute approximate surface area is 141 Å². The van der Waals surface area contributed by atoms with Crippen molar-refractivity contribution in [2.75, 3.05) is 6.61 Å². The summed E-state index contributed by atoms with van der Waals surface area (Å²) in [5, 5.41) is 16.2. The molecule has 24 heavy (non-hydrogen) atoms. The van der Waals surface area contributed by atoms with Crippen molar-refractivity contribution in [2.45, 2.75) is 44.6 Å². The lowest BCUT2D eigenvalue weighted by Gasteiger charge is -2.30. The maximum Gasteiger partial charge on any atom is 0.273 e. The average molecular weight is 329 g/mol. The Balaban J connectivity index is 1.67. The van der Waals surface area contributed by atoms with Crippen molar-refractivity contribution < 1.29 is 14.4 Å². The molecule has 2 N–H and O–H groups in total. The minimum Gasteiger partial charge on any atom is -0.396 e. The van der Waals surface area contributed by atoms with E-state index in [4.69, 9.17) is 4.52 Å². The number of amides is 1. The molecule has 1 unspecified atom stereocenters. The molecule has 0 aromatic carbocycles. The molecule has 0 aliphatic heterocycles. The Bertz CT molecular complexity index is 651. The molecule has 2 heterocycles. The van der Waals surface area contributed by atoms with Gasteiger partial charge in [-0.3, -0.25) is 9.78 Å². The van der Waals surface area contributed by atoms with E-state index in [1.54, 1.807) is 30.6 Å². The number of pyridine rings is 1. The van der Waals surface area contributed by atoms with Gasteiger partial charge in [0.05, 0.1) is 0 Å². The van der Waals surface area contributed by atoms with Gasteiger partial charge in [-0.25, -0.2) is 0 Å². The van der Waals surface area contributed by atoms with Gasteiger partial charge in [0, 0.05) is 36.7 Å². The molecule has 1 atom stereocenters. The molecule has 128 valence electrons. The molecule has 1 aliphatic rings. The minimum absolute atomic E-state index is 0.0103. The second-order valence-electron chi connectivity index (χ2n) is 6.30. The molecule has 1 saturated carbocycles. The maximum atomic E-state index is 12.5. The van der Waals surface area contributed by atoms with E-state index in [0.29, 0.717) is 18.1 Å². The number of nitrogens with zero attached hydrogens (tertiary/aromatic N) is 2. The topological polar surface area (TPSA) is 88.2 Å². The highest BCUT2D eigenvalue weighted by atomic mass is 16.5. The van der Waals surface area contributed by atoms with E-state index < -0.39 is 0 Å². The number of aliphatic hydroxyl groups excluding tert-OH is 1. The first kappa shape index (κ1) is 16.6. The first-order chi connectivity index (χ1) is 11.8. The minimum atomic E-state index is -0.247. The Kier molecular flexibility index (Phi) is 5.59. The lowest BCUT2D eigenvalue weighted by atomic mass is 9.82. The summed E-state index contributed by atoms with van der Waals surface area (Å²) >= 11 is 0. The molecule has 6 heteroatoms. The van der Waals surface area contributed by atoms with Crippen molar-refractivity contribution in [3.63, 3.8) is 0 Å². The SMILES string of the molecule is O=C(NC(CCO)C1CCCCC1)c1cc(-c2ccncc2)on1. The molecule has 1 aliphatic carbocycles. The first-order valence-corrected chi connectivity index (χ1v) is 8.57. The number of rotatable bonds is 6. The van der Waals surface area contributed by atoms with Crippen LogP contribution in [0.1, 0.15) is 49.0 Å². The zero-order valence-electron chi connectivity index (χ0n) is 13.6. The first-order valence-electron chi connectivity index (χ1n) is 8.57. The third-order valence-electron chi connectivity index (χ3n) is 4.68. The van der Waals surface area contributed by atoms with Gasteiger partial charge in [0.2, 0.25) is 0 Å². The highest BCUT2D eigenvalue weighted by molar-refractivity contribution is 5.93. The van der Waals surface area contributed by atoms with Crippen molar-refractivity contribution in [3.8, 4) is 11.3 Å². The molecule has 1 fully saturated rings. The van der Waals surface area contributed by atoms with Crippen LogP contribution in [-0.2, 0) is 0 Å². The number of carbonyl (C=O) groups excluding carboxylic acids is 1. The van der Waals surface area contributed by atoms with E-state index >= 15 is 0 Å². The van der Waals surface area contributed by atoms with Gasteiger partial charge in [0.1, 0.15) is 0 Å². The monoisotopic (exact) mass is 329 g/mol. The highest BCUT2D eigenvalue weighted by Gasteiger charge is 2.26. The number of hydrogen-bond acceptors (Lipinski definition) is 5. The summed E-state index contributed by atoms with van der Waals surface area (Å²) < 4.78 is 5.27. The number of aliphatic hydroxyl groups is 1. The zero-order chi connectivity index (χ0) is 16.8. The van der Waals surface area contributed by atoms with Gasteiger partial charge in [0.15, 0.2) is 11.5 Å². The Morgan fingerprint density at radius 3 is 2.75 bits per heavy atom. The van der Waals surface area contributed by atoms with Gasteiger partial charge in [-0.2, -0.15) is 0 Å². The van der Waals surface area contributed by atoms with Crippen LogP contribution in [0.4, 0.5) is 0 Å². The van der Waals surface area contributed by atoms with Gasteiger partial charge in [-0.15, -0.1) is 0 Å².